The van der Waals surface area contributed by atoms with Crippen LogP contribution in [0.25, 0.3) is 0 Å². The number of unbranched alkanes of at least 4 members (excludes halogenated alkanes) is 1. The quantitative estimate of drug-likeness (QED) is 0.785. The number of rotatable bonds is 5. The van der Waals surface area contributed by atoms with E-state index in [2.05, 4.69) is 6.92 Å². The number of Topliss-reactive ketones (excluding diaryl/α,β-unsaturated/α-hetero) is 1. The zero-order chi connectivity index (χ0) is 14.7. The van der Waals surface area contributed by atoms with Crippen LogP contribution in [0.3, 0.4) is 0 Å². The molecule has 0 fully saturated rings. The second-order valence-electron chi connectivity index (χ2n) is 5.45. The summed E-state index contributed by atoms with van der Waals surface area (Å²) in [5.74, 6) is -0.298. The van der Waals surface area contributed by atoms with Gasteiger partial charge in [-0.1, -0.05) is 20.3 Å². The molecule has 2 rings (SSSR count). The average Bonchev–Trinajstić information content (AvgIpc) is 2.74. The molecule has 0 unspecified atom stereocenters. The first-order chi connectivity index (χ1) is 9.60. The lowest BCUT2D eigenvalue weighted by atomic mass is 9.78. The highest BCUT2D eigenvalue weighted by molar-refractivity contribution is 5.97. The zero-order valence-electron chi connectivity index (χ0n) is 12.1. The first kappa shape index (κ1) is 15.0. The SMILES string of the molecule is CCC/C=C1/OC(=O)C2=C1CC[C@H](C(=O)CCC)[C@H]2O. The number of ether oxygens (including phenoxy) is 1. The molecular formula is C16H22O4. The minimum Gasteiger partial charge on any atom is -0.423 e. The lowest BCUT2D eigenvalue weighted by molar-refractivity contribution is -0.135. The molecular weight excluding hydrogens is 256 g/mol. The molecule has 2 aliphatic rings. The molecule has 1 N–H and O–H groups in total. The molecule has 20 heavy (non-hydrogen) atoms. The number of cyclic esters (lactones) is 1. The molecule has 0 aromatic carbocycles. The molecule has 1 aliphatic carbocycles. The van der Waals surface area contributed by atoms with Crippen molar-refractivity contribution >= 4 is 11.8 Å². The third kappa shape index (κ3) is 2.70. The fourth-order valence-corrected chi connectivity index (χ4v) is 2.90. The van der Waals surface area contributed by atoms with Crippen LogP contribution in [0.4, 0.5) is 0 Å². The third-order valence-corrected chi connectivity index (χ3v) is 3.96. The van der Waals surface area contributed by atoms with E-state index in [1.54, 1.807) is 0 Å². The summed E-state index contributed by atoms with van der Waals surface area (Å²) in [7, 11) is 0. The fraction of sp³-hybridized carbons (Fsp3) is 0.625. The van der Waals surface area contributed by atoms with Crippen LogP contribution >= 0.6 is 0 Å². The highest BCUT2D eigenvalue weighted by atomic mass is 16.5. The van der Waals surface area contributed by atoms with Crippen LogP contribution in [0.5, 0.6) is 0 Å². The lowest BCUT2D eigenvalue weighted by Gasteiger charge is -2.26. The highest BCUT2D eigenvalue weighted by Gasteiger charge is 2.43. The number of allylic oxidation sites excluding steroid dienone is 2. The number of aliphatic hydroxyl groups is 1. The van der Waals surface area contributed by atoms with Crippen molar-refractivity contribution in [2.24, 2.45) is 5.92 Å². The minimum atomic E-state index is -1.00. The van der Waals surface area contributed by atoms with E-state index in [0.29, 0.717) is 30.6 Å². The molecule has 0 saturated carbocycles. The lowest BCUT2D eigenvalue weighted by Crippen LogP contribution is -2.34. The molecule has 0 aromatic rings. The number of carbonyl (C=O) groups excluding carboxylic acids is 2. The molecule has 0 spiro atoms. The van der Waals surface area contributed by atoms with Crippen molar-refractivity contribution < 1.29 is 19.4 Å². The Bertz CT molecular complexity index is 473. The van der Waals surface area contributed by atoms with E-state index < -0.39 is 18.0 Å². The summed E-state index contributed by atoms with van der Waals surface area (Å²) >= 11 is 0. The van der Waals surface area contributed by atoms with Crippen molar-refractivity contribution in [1.29, 1.82) is 0 Å². The highest BCUT2D eigenvalue weighted by Crippen LogP contribution is 2.40. The molecule has 4 heteroatoms. The van der Waals surface area contributed by atoms with Crippen LogP contribution in [0.2, 0.25) is 0 Å². The van der Waals surface area contributed by atoms with Gasteiger partial charge in [0.15, 0.2) is 0 Å². The molecule has 0 radical (unpaired) electrons. The second kappa shape index (κ2) is 6.35. The summed E-state index contributed by atoms with van der Waals surface area (Å²) in [6, 6.07) is 0. The molecule has 0 aromatic heterocycles. The van der Waals surface area contributed by atoms with Crippen LogP contribution < -0.4 is 0 Å². The number of carbonyl (C=O) groups is 2. The number of esters is 1. The van der Waals surface area contributed by atoms with Gasteiger partial charge in [-0.15, -0.1) is 0 Å². The standard InChI is InChI=1S/C16H22O4/c1-3-5-7-13-11-9-8-10(12(17)6-4-2)15(18)14(11)16(19)20-13/h7,10,15,18H,3-6,8-9H2,1-2H3/b13-7+/t10-,15-/m1/s1. The minimum absolute atomic E-state index is 0.0466. The molecule has 0 saturated heterocycles. The van der Waals surface area contributed by atoms with Crippen LogP contribution in [-0.2, 0) is 14.3 Å². The van der Waals surface area contributed by atoms with Gasteiger partial charge >= 0.3 is 5.97 Å². The van der Waals surface area contributed by atoms with Gasteiger partial charge in [0.1, 0.15) is 11.5 Å². The summed E-state index contributed by atoms with van der Waals surface area (Å²) < 4.78 is 5.25. The van der Waals surface area contributed by atoms with E-state index in [0.717, 1.165) is 24.8 Å². The van der Waals surface area contributed by atoms with E-state index in [1.807, 2.05) is 13.0 Å². The number of hydrogen-bond donors (Lipinski definition) is 1. The van der Waals surface area contributed by atoms with Crippen molar-refractivity contribution in [2.45, 2.75) is 58.5 Å². The molecule has 4 nitrogen and oxygen atoms in total. The van der Waals surface area contributed by atoms with E-state index in [9.17, 15) is 14.7 Å². The Labute approximate surface area is 119 Å². The van der Waals surface area contributed by atoms with Crippen molar-refractivity contribution in [3.63, 3.8) is 0 Å². The Morgan fingerprint density at radius 1 is 1.40 bits per heavy atom. The topological polar surface area (TPSA) is 63.6 Å². The molecule has 2 atom stereocenters. The Morgan fingerprint density at radius 3 is 2.80 bits per heavy atom. The maximum Gasteiger partial charge on any atom is 0.342 e. The first-order valence-corrected chi connectivity index (χ1v) is 7.46. The van der Waals surface area contributed by atoms with Gasteiger partial charge in [-0.2, -0.15) is 0 Å². The fourth-order valence-electron chi connectivity index (χ4n) is 2.90. The zero-order valence-corrected chi connectivity index (χ0v) is 12.1. The van der Waals surface area contributed by atoms with Gasteiger partial charge in [-0.3, -0.25) is 4.79 Å². The van der Waals surface area contributed by atoms with Gasteiger partial charge in [0.2, 0.25) is 0 Å². The van der Waals surface area contributed by atoms with Gasteiger partial charge in [-0.25, -0.2) is 4.79 Å². The monoisotopic (exact) mass is 278 g/mol. The molecule has 0 amide bonds. The summed E-state index contributed by atoms with van der Waals surface area (Å²) in [5, 5.41) is 10.3. The summed E-state index contributed by atoms with van der Waals surface area (Å²) in [4.78, 5) is 23.9. The van der Waals surface area contributed by atoms with Gasteiger partial charge in [0.05, 0.1) is 11.7 Å². The van der Waals surface area contributed by atoms with Gasteiger partial charge < -0.3 is 9.84 Å². The predicted octanol–water partition coefficient (Wildman–Crippen LogP) is 2.66. The Balaban J connectivity index is 2.24. The summed E-state index contributed by atoms with van der Waals surface area (Å²) in [6.45, 7) is 3.99. The van der Waals surface area contributed by atoms with Crippen molar-refractivity contribution in [1.82, 2.24) is 0 Å². The van der Waals surface area contributed by atoms with Crippen LogP contribution in [0.15, 0.2) is 23.0 Å². The Kier molecular flexibility index (Phi) is 4.76. The smallest absolute Gasteiger partial charge is 0.342 e. The van der Waals surface area contributed by atoms with E-state index >= 15 is 0 Å². The van der Waals surface area contributed by atoms with E-state index in [-0.39, 0.29) is 5.78 Å². The van der Waals surface area contributed by atoms with Crippen molar-refractivity contribution in [2.75, 3.05) is 0 Å². The van der Waals surface area contributed by atoms with E-state index in [1.165, 1.54) is 0 Å². The number of aliphatic hydroxyl groups excluding tert-OH is 1. The Morgan fingerprint density at radius 2 is 2.15 bits per heavy atom. The normalized spacial score (nSPS) is 27.8. The number of ketones is 1. The Hall–Kier alpha value is -1.42. The van der Waals surface area contributed by atoms with Crippen molar-refractivity contribution in [3.05, 3.63) is 23.0 Å². The number of hydrogen-bond acceptors (Lipinski definition) is 4. The molecule has 1 heterocycles. The first-order valence-electron chi connectivity index (χ1n) is 7.46. The van der Waals surface area contributed by atoms with Crippen LogP contribution in [0, 0.1) is 5.92 Å². The van der Waals surface area contributed by atoms with Crippen LogP contribution in [-0.4, -0.2) is 23.0 Å². The van der Waals surface area contributed by atoms with Gasteiger partial charge in [0, 0.05) is 17.9 Å². The van der Waals surface area contributed by atoms with Crippen LogP contribution in [0.1, 0.15) is 52.4 Å². The molecule has 110 valence electrons. The summed E-state index contributed by atoms with van der Waals surface area (Å²) in [6.07, 6.45) is 5.17. The maximum atomic E-state index is 12.0. The average molecular weight is 278 g/mol. The van der Waals surface area contributed by atoms with E-state index in [4.69, 9.17) is 4.74 Å². The second-order valence-corrected chi connectivity index (χ2v) is 5.45. The largest absolute Gasteiger partial charge is 0.423 e. The molecule has 1 aliphatic heterocycles. The van der Waals surface area contributed by atoms with Crippen molar-refractivity contribution in [3.8, 4) is 0 Å². The summed E-state index contributed by atoms with van der Waals surface area (Å²) in [5.41, 5.74) is 1.12. The van der Waals surface area contributed by atoms with Gasteiger partial charge in [-0.05, 0) is 31.8 Å². The van der Waals surface area contributed by atoms with Gasteiger partial charge in [0.25, 0.3) is 0 Å². The molecule has 0 bridgehead atoms. The maximum absolute atomic E-state index is 12.0. The third-order valence-electron chi connectivity index (χ3n) is 3.96. The predicted molar refractivity (Wildman–Crippen MR) is 74.8 cm³/mol.